The third-order valence-corrected chi connectivity index (χ3v) is 3.22. The standard InChI is InChI=1S/C10H8N2O3S/c11-12-9-3-1-8-6-10(16(13,14)15)4-2-7(8)5-9/h1-4,6H,5H2,(H,13,14,15). The molecule has 0 aliphatic heterocycles. The Morgan fingerprint density at radius 1 is 1.31 bits per heavy atom. The number of hydrogen-bond donors (Lipinski definition) is 1. The van der Waals surface area contributed by atoms with E-state index in [-0.39, 0.29) is 4.90 Å². The molecular formula is C10H8N2O3S. The summed E-state index contributed by atoms with van der Waals surface area (Å²) in [5.41, 5.74) is 10.7. The summed E-state index contributed by atoms with van der Waals surface area (Å²) in [6.45, 7) is 0. The Bertz CT molecular complexity index is 625. The molecule has 0 aromatic heterocycles. The number of fused-ring (bicyclic) bond motifs is 1. The first-order valence-corrected chi connectivity index (χ1v) is 5.94. The Morgan fingerprint density at radius 3 is 2.69 bits per heavy atom. The molecule has 0 spiro atoms. The van der Waals surface area contributed by atoms with Gasteiger partial charge in [0.25, 0.3) is 15.8 Å². The molecule has 2 rings (SSSR count). The molecule has 0 atom stereocenters. The Balaban J connectivity index is 2.55. The summed E-state index contributed by atoms with van der Waals surface area (Å²) in [6.07, 6.45) is 3.67. The van der Waals surface area contributed by atoms with E-state index >= 15 is 0 Å². The molecule has 0 fully saturated rings. The predicted molar refractivity (Wildman–Crippen MR) is 57.6 cm³/mol. The third-order valence-electron chi connectivity index (χ3n) is 2.37. The van der Waals surface area contributed by atoms with E-state index in [1.54, 1.807) is 18.2 Å². The fourth-order valence-corrected chi connectivity index (χ4v) is 2.07. The highest BCUT2D eigenvalue weighted by atomic mass is 32.2. The SMILES string of the molecule is [N-]=[N+]=C1C=Cc2cc(S(=O)(=O)O)ccc2C1. The maximum Gasteiger partial charge on any atom is 0.296 e. The second kappa shape index (κ2) is 3.68. The van der Waals surface area contributed by atoms with Gasteiger partial charge < -0.3 is 5.53 Å². The highest BCUT2D eigenvalue weighted by Crippen LogP contribution is 2.21. The molecule has 82 valence electrons. The molecule has 0 bridgehead atoms. The number of benzene rings is 1. The first-order chi connectivity index (χ1) is 7.50. The summed E-state index contributed by atoms with van der Waals surface area (Å²) in [7, 11) is -4.17. The lowest BCUT2D eigenvalue weighted by molar-refractivity contribution is -0.00553. The van der Waals surface area contributed by atoms with Crippen molar-refractivity contribution in [3.63, 3.8) is 0 Å². The molecule has 1 aromatic carbocycles. The maximum absolute atomic E-state index is 10.9. The van der Waals surface area contributed by atoms with Crippen molar-refractivity contribution in [3.8, 4) is 0 Å². The van der Waals surface area contributed by atoms with Gasteiger partial charge in [-0.05, 0) is 29.3 Å². The summed E-state index contributed by atoms with van der Waals surface area (Å²) in [5.74, 6) is 0. The van der Waals surface area contributed by atoms with Crippen LogP contribution < -0.4 is 0 Å². The van der Waals surface area contributed by atoms with Crippen LogP contribution in [0.25, 0.3) is 11.6 Å². The van der Waals surface area contributed by atoms with Crippen molar-refractivity contribution in [2.75, 3.05) is 0 Å². The van der Waals surface area contributed by atoms with Crippen LogP contribution in [0.15, 0.2) is 29.2 Å². The molecule has 16 heavy (non-hydrogen) atoms. The van der Waals surface area contributed by atoms with E-state index in [1.807, 2.05) is 0 Å². The van der Waals surface area contributed by atoms with Crippen molar-refractivity contribution in [3.05, 3.63) is 40.9 Å². The normalized spacial score (nSPS) is 14.4. The predicted octanol–water partition coefficient (Wildman–Crippen LogP) is 1.17. The zero-order chi connectivity index (χ0) is 11.8. The maximum atomic E-state index is 10.9. The van der Waals surface area contributed by atoms with Gasteiger partial charge in [-0.15, -0.1) is 0 Å². The first-order valence-electron chi connectivity index (χ1n) is 4.50. The lowest BCUT2D eigenvalue weighted by Gasteiger charge is -2.08. The smallest absolute Gasteiger partial charge is 0.296 e. The highest BCUT2D eigenvalue weighted by Gasteiger charge is 2.17. The van der Waals surface area contributed by atoms with Crippen LogP contribution in [0.1, 0.15) is 11.1 Å². The minimum absolute atomic E-state index is 0.139. The summed E-state index contributed by atoms with van der Waals surface area (Å²) < 4.78 is 30.7. The molecule has 0 saturated carbocycles. The van der Waals surface area contributed by atoms with Crippen LogP contribution in [0.4, 0.5) is 0 Å². The van der Waals surface area contributed by atoms with Crippen LogP contribution in [-0.4, -0.2) is 23.5 Å². The van der Waals surface area contributed by atoms with Crippen molar-refractivity contribution in [1.82, 2.24) is 0 Å². The second-order valence-corrected chi connectivity index (χ2v) is 4.86. The molecule has 0 saturated heterocycles. The Kier molecular flexibility index (Phi) is 2.47. The quantitative estimate of drug-likeness (QED) is 0.451. The fraction of sp³-hybridized carbons (Fsp3) is 0.100. The van der Waals surface area contributed by atoms with Crippen molar-refractivity contribution in [2.24, 2.45) is 0 Å². The monoisotopic (exact) mass is 236 g/mol. The Morgan fingerprint density at radius 2 is 2.06 bits per heavy atom. The van der Waals surface area contributed by atoms with Gasteiger partial charge in [0.1, 0.15) is 0 Å². The van der Waals surface area contributed by atoms with Crippen LogP contribution in [0, 0.1) is 0 Å². The summed E-state index contributed by atoms with van der Waals surface area (Å²) in [6, 6.07) is 4.30. The van der Waals surface area contributed by atoms with Crippen LogP contribution in [0.3, 0.4) is 0 Å². The minimum atomic E-state index is -4.17. The fourth-order valence-electron chi connectivity index (χ4n) is 1.56. The molecule has 0 amide bonds. The second-order valence-electron chi connectivity index (χ2n) is 3.44. The van der Waals surface area contributed by atoms with Crippen molar-refractivity contribution < 1.29 is 17.8 Å². The molecule has 1 aliphatic rings. The molecule has 1 aromatic rings. The van der Waals surface area contributed by atoms with E-state index < -0.39 is 10.1 Å². The van der Waals surface area contributed by atoms with E-state index in [1.165, 1.54) is 12.1 Å². The van der Waals surface area contributed by atoms with Crippen LogP contribution in [-0.2, 0) is 16.5 Å². The number of allylic oxidation sites excluding steroid dienone is 1. The largest absolute Gasteiger partial charge is 0.361 e. The van der Waals surface area contributed by atoms with E-state index in [9.17, 15) is 8.42 Å². The topological polar surface area (TPSA) is 90.8 Å². The van der Waals surface area contributed by atoms with Crippen LogP contribution in [0.2, 0.25) is 0 Å². The van der Waals surface area contributed by atoms with E-state index in [0.717, 1.165) is 5.56 Å². The molecular weight excluding hydrogens is 228 g/mol. The summed E-state index contributed by atoms with van der Waals surface area (Å²) in [4.78, 5) is 2.94. The third kappa shape index (κ3) is 1.94. The zero-order valence-corrected chi connectivity index (χ0v) is 8.98. The molecule has 0 radical (unpaired) electrons. The molecule has 6 heteroatoms. The lowest BCUT2D eigenvalue weighted by Crippen LogP contribution is -2.08. The van der Waals surface area contributed by atoms with E-state index in [2.05, 4.69) is 4.79 Å². The van der Waals surface area contributed by atoms with Gasteiger partial charge in [0, 0.05) is 6.08 Å². The van der Waals surface area contributed by atoms with Crippen molar-refractivity contribution >= 4 is 21.9 Å². The van der Waals surface area contributed by atoms with E-state index in [4.69, 9.17) is 10.1 Å². The minimum Gasteiger partial charge on any atom is -0.361 e. The lowest BCUT2D eigenvalue weighted by atomic mass is 9.96. The molecule has 1 aliphatic carbocycles. The highest BCUT2D eigenvalue weighted by molar-refractivity contribution is 7.85. The van der Waals surface area contributed by atoms with E-state index in [0.29, 0.717) is 17.7 Å². The first kappa shape index (κ1) is 10.8. The van der Waals surface area contributed by atoms with Gasteiger partial charge >= 0.3 is 0 Å². The number of hydrogen-bond acceptors (Lipinski definition) is 2. The van der Waals surface area contributed by atoms with Gasteiger partial charge in [0.15, 0.2) is 0 Å². The van der Waals surface area contributed by atoms with Gasteiger partial charge in [-0.3, -0.25) is 4.55 Å². The number of rotatable bonds is 1. The molecule has 0 unspecified atom stereocenters. The van der Waals surface area contributed by atoms with Crippen molar-refractivity contribution in [2.45, 2.75) is 11.3 Å². The van der Waals surface area contributed by atoms with Gasteiger partial charge in [-0.2, -0.15) is 13.2 Å². The van der Waals surface area contributed by atoms with Gasteiger partial charge in [0.2, 0.25) is 0 Å². The molecule has 1 N–H and O–H groups in total. The average Bonchev–Trinajstić information content (AvgIpc) is 2.26. The van der Waals surface area contributed by atoms with Gasteiger partial charge in [-0.1, -0.05) is 6.07 Å². The van der Waals surface area contributed by atoms with Crippen molar-refractivity contribution in [1.29, 1.82) is 0 Å². The average molecular weight is 236 g/mol. The van der Waals surface area contributed by atoms with Crippen LogP contribution >= 0.6 is 0 Å². The molecule has 0 heterocycles. The Labute approximate surface area is 92.4 Å². The van der Waals surface area contributed by atoms with Gasteiger partial charge in [-0.25, -0.2) is 0 Å². The summed E-state index contributed by atoms with van der Waals surface area (Å²) >= 11 is 0. The van der Waals surface area contributed by atoms with Crippen LogP contribution in [0.5, 0.6) is 0 Å². The molecule has 5 nitrogen and oxygen atoms in total. The zero-order valence-electron chi connectivity index (χ0n) is 8.16. The number of nitrogens with zero attached hydrogens (tertiary/aromatic N) is 2. The van der Waals surface area contributed by atoms with Gasteiger partial charge in [0.05, 0.1) is 11.3 Å². The Hall–Kier alpha value is -1.75. The summed E-state index contributed by atoms with van der Waals surface area (Å²) in [5, 5.41) is 0.